The van der Waals surface area contributed by atoms with Gasteiger partial charge in [0.05, 0.1) is 17.1 Å². The number of terminal acetylenes is 1. The van der Waals surface area contributed by atoms with Crippen molar-refractivity contribution in [1.29, 1.82) is 0 Å². The van der Waals surface area contributed by atoms with Gasteiger partial charge >= 0.3 is 6.01 Å². The summed E-state index contributed by atoms with van der Waals surface area (Å²) in [5, 5.41) is 5.26. The minimum Gasteiger partial charge on any atom is -0.472 e. The molecule has 1 N–H and O–H groups in total. The molecule has 7 heterocycles. The van der Waals surface area contributed by atoms with Gasteiger partial charge in [-0.15, -0.1) is 6.42 Å². The highest BCUT2D eigenvalue weighted by molar-refractivity contribution is 6.03. The number of nitrogens with zero attached hydrogens (tertiary/aromatic N) is 5. The Hall–Kier alpha value is -4.33. The second-order valence-corrected chi connectivity index (χ2v) is 14.3. The minimum absolute atomic E-state index is 0.00709. The molecule has 2 bridgehead atoms. The van der Waals surface area contributed by atoms with Crippen LogP contribution in [0.1, 0.15) is 44.6 Å². The number of nitrogens with one attached hydrogen (secondary N) is 1. The van der Waals surface area contributed by atoms with Gasteiger partial charge in [-0.3, -0.25) is 4.90 Å². The van der Waals surface area contributed by atoms with Crippen LogP contribution in [0, 0.1) is 29.9 Å². The van der Waals surface area contributed by atoms with E-state index in [0.717, 1.165) is 32.2 Å². The Kier molecular flexibility index (Phi) is 5.68. The molecule has 4 aromatic rings. The summed E-state index contributed by atoms with van der Waals surface area (Å²) < 4.78 is 45.3. The van der Waals surface area contributed by atoms with E-state index in [-0.39, 0.29) is 52.4 Å². The van der Waals surface area contributed by atoms with Crippen molar-refractivity contribution in [2.75, 3.05) is 24.6 Å². The van der Waals surface area contributed by atoms with Crippen LogP contribution in [0.4, 0.5) is 14.6 Å². The van der Waals surface area contributed by atoms with Gasteiger partial charge in [0.15, 0.2) is 5.82 Å². The van der Waals surface area contributed by atoms with Gasteiger partial charge in [0, 0.05) is 42.2 Å². The second kappa shape index (κ2) is 9.61. The molecule has 10 heteroatoms. The first kappa shape index (κ1) is 27.8. The Morgan fingerprint density at radius 1 is 1.17 bits per heavy atom. The lowest BCUT2D eigenvalue weighted by molar-refractivity contribution is 0.109. The molecule has 0 amide bonds. The number of pyridine rings is 1. The molecule has 238 valence electrons. The fourth-order valence-corrected chi connectivity index (χ4v) is 9.57. The van der Waals surface area contributed by atoms with Crippen molar-refractivity contribution in [3.05, 3.63) is 59.7 Å². The van der Waals surface area contributed by atoms with E-state index in [1.54, 1.807) is 18.2 Å². The highest BCUT2D eigenvalue weighted by Gasteiger charge is 2.63. The third-order valence-electron chi connectivity index (χ3n) is 11.8. The van der Waals surface area contributed by atoms with E-state index in [2.05, 4.69) is 27.6 Å². The number of hydrogen-bond donors (Lipinski definition) is 1. The summed E-state index contributed by atoms with van der Waals surface area (Å²) >= 11 is 0. The molecule has 47 heavy (non-hydrogen) atoms. The summed E-state index contributed by atoms with van der Waals surface area (Å²) in [5.41, 5.74) is 1.44. The van der Waals surface area contributed by atoms with Crippen molar-refractivity contribution >= 4 is 27.5 Å². The first-order valence-electron chi connectivity index (χ1n) is 16.7. The standard InChI is InChI=1S/C37H34F2N6O2/c1-4-23-25(38)10-8-20-6-5-7-24(28(20)23)31-30(39)32-29-34(44-16-22-9-11-26(40-22)33(44)19(3)47-35(29)41-31)43-36(42-32)46-17-37-15-21-14-27(21)45(37)13-12-18(37)2/h1,5-8,10,19,21-22,26-27,33,40H,2,9,11-17H2,3H3/t19-,21?,22+,26-,27?,33+,37?/m0/s1. The second-order valence-electron chi connectivity index (χ2n) is 14.3. The van der Waals surface area contributed by atoms with Crippen LogP contribution in [-0.2, 0) is 0 Å². The molecule has 5 aliphatic heterocycles. The van der Waals surface area contributed by atoms with E-state index >= 15 is 4.39 Å². The quantitative estimate of drug-likeness (QED) is 0.238. The van der Waals surface area contributed by atoms with E-state index in [0.29, 0.717) is 58.7 Å². The lowest BCUT2D eigenvalue weighted by Crippen LogP contribution is -2.62. The first-order chi connectivity index (χ1) is 22.8. The van der Waals surface area contributed by atoms with Crippen molar-refractivity contribution in [3.8, 4) is 35.5 Å². The molecule has 3 unspecified atom stereocenters. The van der Waals surface area contributed by atoms with Crippen LogP contribution in [0.5, 0.6) is 11.9 Å². The molecule has 1 aliphatic carbocycles. The summed E-state index contributed by atoms with van der Waals surface area (Å²) in [4.78, 5) is 19.4. The highest BCUT2D eigenvalue weighted by atomic mass is 19.1. The number of hydrogen-bond acceptors (Lipinski definition) is 8. The maximum absolute atomic E-state index is 17.2. The van der Waals surface area contributed by atoms with Gasteiger partial charge in [-0.25, -0.2) is 13.8 Å². The summed E-state index contributed by atoms with van der Waals surface area (Å²) in [7, 11) is 0. The molecule has 4 saturated heterocycles. The molecule has 5 fully saturated rings. The van der Waals surface area contributed by atoms with E-state index in [9.17, 15) is 4.39 Å². The Labute approximate surface area is 271 Å². The highest BCUT2D eigenvalue weighted by Crippen LogP contribution is 2.58. The normalized spacial score (nSPS) is 31.7. The number of rotatable bonds is 4. The SMILES string of the molecule is C#Cc1c(F)ccc2cccc(-c3nc4c5c(nc(OCC67CC8CC8N6CCC7=C)nc5c3F)N3C[C@H]5CC[C@H](N5)[C@H]3[C@H](C)O4)c12. The number of ether oxygens (including phenoxy) is 2. The fraction of sp³-hybridized carbons (Fsp3) is 0.432. The van der Waals surface area contributed by atoms with Crippen molar-refractivity contribution in [2.45, 2.75) is 74.8 Å². The third kappa shape index (κ3) is 3.78. The molecule has 7 atom stereocenters. The van der Waals surface area contributed by atoms with Gasteiger partial charge in [-0.2, -0.15) is 9.97 Å². The molecule has 10 rings (SSSR count). The third-order valence-corrected chi connectivity index (χ3v) is 11.8. The smallest absolute Gasteiger partial charge is 0.319 e. The topological polar surface area (TPSA) is 75.6 Å². The molecular formula is C37H34F2N6O2. The van der Waals surface area contributed by atoms with Gasteiger partial charge in [0.25, 0.3) is 0 Å². The van der Waals surface area contributed by atoms with Crippen LogP contribution in [-0.4, -0.2) is 75.4 Å². The number of halogens is 2. The van der Waals surface area contributed by atoms with Gasteiger partial charge in [0.1, 0.15) is 40.9 Å². The van der Waals surface area contributed by atoms with Crippen LogP contribution < -0.4 is 19.7 Å². The number of anilines is 1. The predicted molar refractivity (Wildman–Crippen MR) is 174 cm³/mol. The average Bonchev–Trinajstić information content (AvgIpc) is 3.49. The molecule has 0 spiro atoms. The Bertz CT molecular complexity index is 2100. The summed E-state index contributed by atoms with van der Waals surface area (Å²) in [5.74, 6) is 2.77. The lowest BCUT2D eigenvalue weighted by atomic mass is 9.89. The van der Waals surface area contributed by atoms with Crippen LogP contribution in [0.25, 0.3) is 32.9 Å². The van der Waals surface area contributed by atoms with Crippen LogP contribution in [0.15, 0.2) is 42.5 Å². The molecule has 8 nitrogen and oxygen atoms in total. The molecule has 1 saturated carbocycles. The largest absolute Gasteiger partial charge is 0.472 e. The van der Waals surface area contributed by atoms with Crippen molar-refractivity contribution < 1.29 is 18.3 Å². The molecule has 2 aromatic carbocycles. The van der Waals surface area contributed by atoms with Crippen LogP contribution in [0.2, 0.25) is 0 Å². The Morgan fingerprint density at radius 3 is 2.94 bits per heavy atom. The Balaban J connectivity index is 1.18. The van der Waals surface area contributed by atoms with Gasteiger partial charge < -0.3 is 19.7 Å². The van der Waals surface area contributed by atoms with E-state index in [1.807, 2.05) is 13.0 Å². The summed E-state index contributed by atoms with van der Waals surface area (Å²) in [6, 6.07) is 9.45. The maximum Gasteiger partial charge on any atom is 0.319 e. The molecule has 2 aromatic heterocycles. The van der Waals surface area contributed by atoms with Gasteiger partial charge in [-0.05, 0) is 56.4 Å². The van der Waals surface area contributed by atoms with Crippen LogP contribution in [0.3, 0.4) is 0 Å². The zero-order valence-corrected chi connectivity index (χ0v) is 26.1. The van der Waals surface area contributed by atoms with Crippen molar-refractivity contribution in [2.24, 2.45) is 5.92 Å². The first-order valence-corrected chi connectivity index (χ1v) is 16.7. The lowest BCUT2D eigenvalue weighted by Gasteiger charge is -2.42. The van der Waals surface area contributed by atoms with Gasteiger partial charge in [-0.1, -0.05) is 42.3 Å². The van der Waals surface area contributed by atoms with E-state index in [1.165, 1.54) is 18.1 Å². The molecular weight excluding hydrogens is 598 g/mol. The average molecular weight is 633 g/mol. The summed E-state index contributed by atoms with van der Waals surface area (Å²) in [6.45, 7) is 8.53. The van der Waals surface area contributed by atoms with Crippen molar-refractivity contribution in [3.63, 3.8) is 0 Å². The van der Waals surface area contributed by atoms with E-state index < -0.39 is 11.6 Å². The van der Waals surface area contributed by atoms with E-state index in [4.69, 9.17) is 30.8 Å². The fourth-order valence-electron chi connectivity index (χ4n) is 9.57. The maximum atomic E-state index is 17.2. The number of benzene rings is 2. The number of fused-ring (bicyclic) bond motifs is 9. The number of aromatic nitrogens is 3. The van der Waals surface area contributed by atoms with Crippen LogP contribution >= 0.6 is 0 Å². The molecule has 6 aliphatic rings. The van der Waals surface area contributed by atoms with Crippen molar-refractivity contribution in [1.82, 2.24) is 25.2 Å². The minimum atomic E-state index is -0.656. The molecule has 0 radical (unpaired) electrons. The monoisotopic (exact) mass is 632 g/mol. The zero-order chi connectivity index (χ0) is 31.8. The number of piperazine rings is 1. The zero-order valence-electron chi connectivity index (χ0n) is 26.1. The predicted octanol–water partition coefficient (Wildman–Crippen LogP) is 5.37. The Morgan fingerprint density at radius 2 is 2.06 bits per heavy atom. The summed E-state index contributed by atoms with van der Waals surface area (Å²) in [6.07, 6.45) is 10.8. The van der Waals surface area contributed by atoms with Gasteiger partial charge in [0.2, 0.25) is 5.88 Å². The number of piperidine rings is 1.